The molecule has 0 saturated carbocycles. The monoisotopic (exact) mass is 279 g/mol. The SMILES string of the molecule is CCc1cc(SC)c(CC2CCCNC2)cc1OC. The van der Waals surface area contributed by atoms with E-state index in [1.807, 2.05) is 11.8 Å². The summed E-state index contributed by atoms with van der Waals surface area (Å²) in [5, 5.41) is 3.51. The molecule has 19 heavy (non-hydrogen) atoms. The molecular weight excluding hydrogens is 254 g/mol. The fraction of sp³-hybridized carbons (Fsp3) is 0.625. The van der Waals surface area contributed by atoms with Crippen LogP contribution in [0.15, 0.2) is 17.0 Å². The third kappa shape index (κ3) is 3.67. The lowest BCUT2D eigenvalue weighted by atomic mass is 9.91. The van der Waals surface area contributed by atoms with E-state index in [1.165, 1.54) is 41.8 Å². The van der Waals surface area contributed by atoms with Gasteiger partial charge in [-0.2, -0.15) is 0 Å². The smallest absolute Gasteiger partial charge is 0.122 e. The van der Waals surface area contributed by atoms with Crippen LogP contribution < -0.4 is 10.1 Å². The number of hydrogen-bond donors (Lipinski definition) is 1. The van der Waals surface area contributed by atoms with Gasteiger partial charge >= 0.3 is 0 Å². The summed E-state index contributed by atoms with van der Waals surface area (Å²) < 4.78 is 5.54. The van der Waals surface area contributed by atoms with Gasteiger partial charge in [0.25, 0.3) is 0 Å². The van der Waals surface area contributed by atoms with E-state index in [4.69, 9.17) is 4.74 Å². The predicted molar refractivity (Wildman–Crippen MR) is 83.5 cm³/mol. The molecule has 1 aliphatic heterocycles. The van der Waals surface area contributed by atoms with E-state index in [0.717, 1.165) is 24.6 Å². The summed E-state index contributed by atoms with van der Waals surface area (Å²) in [6.45, 7) is 4.53. The number of thioether (sulfide) groups is 1. The number of aryl methyl sites for hydroxylation is 1. The second kappa shape index (κ2) is 7.20. The Balaban J connectivity index is 2.21. The summed E-state index contributed by atoms with van der Waals surface area (Å²) in [4.78, 5) is 1.42. The molecule has 0 aromatic heterocycles. The number of methoxy groups -OCH3 is 1. The molecule has 0 radical (unpaired) electrons. The number of piperidine rings is 1. The van der Waals surface area contributed by atoms with E-state index in [9.17, 15) is 0 Å². The fourth-order valence-electron chi connectivity index (χ4n) is 2.87. The Morgan fingerprint density at radius 3 is 2.79 bits per heavy atom. The highest BCUT2D eigenvalue weighted by atomic mass is 32.2. The van der Waals surface area contributed by atoms with Gasteiger partial charge in [-0.25, -0.2) is 0 Å². The van der Waals surface area contributed by atoms with Crippen molar-refractivity contribution >= 4 is 11.8 Å². The summed E-state index contributed by atoms with van der Waals surface area (Å²) in [6, 6.07) is 4.58. The first kappa shape index (κ1) is 14.7. The molecule has 106 valence electrons. The molecule has 1 unspecified atom stereocenters. The van der Waals surface area contributed by atoms with Crippen LogP contribution in [0, 0.1) is 5.92 Å². The van der Waals surface area contributed by atoms with Crippen LogP contribution in [-0.4, -0.2) is 26.5 Å². The van der Waals surface area contributed by atoms with Crippen LogP contribution in [0.2, 0.25) is 0 Å². The van der Waals surface area contributed by atoms with Gasteiger partial charge in [-0.05, 0) is 74.2 Å². The van der Waals surface area contributed by atoms with Crippen LogP contribution in [0.4, 0.5) is 0 Å². The van der Waals surface area contributed by atoms with Crippen molar-refractivity contribution in [3.05, 3.63) is 23.3 Å². The minimum Gasteiger partial charge on any atom is -0.496 e. The third-order valence-corrected chi connectivity index (χ3v) is 4.79. The topological polar surface area (TPSA) is 21.3 Å². The fourth-order valence-corrected chi connectivity index (χ4v) is 3.53. The third-order valence-electron chi connectivity index (χ3n) is 3.97. The molecule has 0 spiro atoms. The van der Waals surface area contributed by atoms with Crippen LogP contribution in [-0.2, 0) is 12.8 Å². The zero-order valence-corrected chi connectivity index (χ0v) is 13.1. The number of ether oxygens (including phenoxy) is 1. The van der Waals surface area contributed by atoms with Gasteiger partial charge in [-0.15, -0.1) is 11.8 Å². The summed E-state index contributed by atoms with van der Waals surface area (Å²) in [5.74, 6) is 1.83. The summed E-state index contributed by atoms with van der Waals surface area (Å²) in [7, 11) is 1.78. The Morgan fingerprint density at radius 1 is 1.37 bits per heavy atom. The molecule has 1 N–H and O–H groups in total. The van der Waals surface area contributed by atoms with Crippen molar-refractivity contribution in [2.75, 3.05) is 26.5 Å². The first-order valence-corrected chi connectivity index (χ1v) is 8.45. The van der Waals surface area contributed by atoms with Crippen LogP contribution in [0.1, 0.15) is 30.9 Å². The number of nitrogens with one attached hydrogen (secondary N) is 1. The molecule has 1 saturated heterocycles. The van der Waals surface area contributed by atoms with E-state index in [-0.39, 0.29) is 0 Å². The van der Waals surface area contributed by atoms with Gasteiger partial charge in [0.1, 0.15) is 5.75 Å². The first-order chi connectivity index (χ1) is 9.28. The van der Waals surface area contributed by atoms with E-state index < -0.39 is 0 Å². The van der Waals surface area contributed by atoms with Crippen LogP contribution in [0.25, 0.3) is 0 Å². The number of rotatable bonds is 5. The van der Waals surface area contributed by atoms with Crippen molar-refractivity contribution < 1.29 is 4.74 Å². The molecule has 0 bridgehead atoms. The minimum atomic E-state index is 0.775. The Labute approximate surface area is 121 Å². The van der Waals surface area contributed by atoms with Crippen LogP contribution >= 0.6 is 11.8 Å². The van der Waals surface area contributed by atoms with E-state index in [0.29, 0.717) is 0 Å². The highest BCUT2D eigenvalue weighted by molar-refractivity contribution is 7.98. The second-order valence-corrected chi connectivity index (χ2v) is 6.09. The highest BCUT2D eigenvalue weighted by Crippen LogP contribution is 2.32. The summed E-state index contributed by atoms with van der Waals surface area (Å²) in [5.41, 5.74) is 2.77. The normalized spacial score (nSPS) is 19.4. The summed E-state index contributed by atoms with van der Waals surface area (Å²) >= 11 is 1.86. The Kier molecular flexibility index (Phi) is 5.59. The molecule has 1 aliphatic rings. The van der Waals surface area contributed by atoms with Gasteiger partial charge < -0.3 is 10.1 Å². The Morgan fingerprint density at radius 2 is 2.21 bits per heavy atom. The van der Waals surface area contributed by atoms with Gasteiger partial charge in [0.2, 0.25) is 0 Å². The molecule has 3 heteroatoms. The van der Waals surface area contributed by atoms with Crippen molar-refractivity contribution in [3.63, 3.8) is 0 Å². The Hall–Kier alpha value is -0.670. The van der Waals surface area contributed by atoms with Crippen molar-refractivity contribution in [3.8, 4) is 5.75 Å². The lowest BCUT2D eigenvalue weighted by Crippen LogP contribution is -2.30. The zero-order chi connectivity index (χ0) is 13.7. The molecule has 1 aromatic rings. The number of hydrogen-bond acceptors (Lipinski definition) is 3. The Bertz CT molecular complexity index is 413. The number of benzene rings is 1. The van der Waals surface area contributed by atoms with Gasteiger partial charge in [0, 0.05) is 4.90 Å². The van der Waals surface area contributed by atoms with E-state index >= 15 is 0 Å². The maximum atomic E-state index is 5.54. The van der Waals surface area contributed by atoms with Crippen molar-refractivity contribution in [1.82, 2.24) is 5.32 Å². The molecule has 0 aliphatic carbocycles. The van der Waals surface area contributed by atoms with Crippen molar-refractivity contribution in [2.24, 2.45) is 5.92 Å². The molecule has 0 amide bonds. The standard InChI is InChI=1S/C16H25NOS/c1-4-13-10-16(19-3)14(9-15(13)18-2)8-12-6-5-7-17-11-12/h9-10,12,17H,4-8,11H2,1-3H3. The first-order valence-electron chi connectivity index (χ1n) is 7.23. The molecule has 1 aromatic carbocycles. The van der Waals surface area contributed by atoms with Crippen LogP contribution in [0.5, 0.6) is 5.75 Å². The van der Waals surface area contributed by atoms with Gasteiger partial charge in [0.15, 0.2) is 0 Å². The van der Waals surface area contributed by atoms with Gasteiger partial charge in [0.05, 0.1) is 7.11 Å². The zero-order valence-electron chi connectivity index (χ0n) is 12.3. The van der Waals surface area contributed by atoms with Crippen molar-refractivity contribution in [1.29, 1.82) is 0 Å². The molecule has 1 heterocycles. The maximum Gasteiger partial charge on any atom is 0.122 e. The second-order valence-electron chi connectivity index (χ2n) is 5.25. The average Bonchev–Trinajstić information content (AvgIpc) is 2.47. The maximum absolute atomic E-state index is 5.54. The van der Waals surface area contributed by atoms with Gasteiger partial charge in [-0.1, -0.05) is 6.92 Å². The molecule has 2 rings (SSSR count). The average molecular weight is 279 g/mol. The molecule has 2 nitrogen and oxygen atoms in total. The molecular formula is C16H25NOS. The predicted octanol–water partition coefficient (Wildman–Crippen LogP) is 3.52. The summed E-state index contributed by atoms with van der Waals surface area (Å²) in [6.07, 6.45) is 7.03. The highest BCUT2D eigenvalue weighted by Gasteiger charge is 2.17. The van der Waals surface area contributed by atoms with E-state index in [1.54, 1.807) is 7.11 Å². The van der Waals surface area contributed by atoms with E-state index in [2.05, 4.69) is 30.6 Å². The molecule has 1 atom stereocenters. The lowest BCUT2D eigenvalue weighted by molar-refractivity contribution is 0.372. The van der Waals surface area contributed by atoms with Gasteiger partial charge in [-0.3, -0.25) is 0 Å². The lowest BCUT2D eigenvalue weighted by Gasteiger charge is -2.24. The molecule has 1 fully saturated rings. The minimum absolute atomic E-state index is 0.775. The largest absolute Gasteiger partial charge is 0.496 e. The van der Waals surface area contributed by atoms with Crippen LogP contribution in [0.3, 0.4) is 0 Å². The van der Waals surface area contributed by atoms with Crippen molar-refractivity contribution in [2.45, 2.75) is 37.5 Å². The quantitative estimate of drug-likeness (QED) is 0.833.